The van der Waals surface area contributed by atoms with E-state index in [1.54, 1.807) is 6.08 Å². The highest BCUT2D eigenvalue weighted by atomic mass is 16.5. The third kappa shape index (κ3) is 5.89. The van der Waals surface area contributed by atoms with Crippen molar-refractivity contribution in [1.82, 2.24) is 0 Å². The molecule has 110 valence electrons. The second-order valence-corrected chi connectivity index (χ2v) is 5.02. The molecule has 0 aliphatic carbocycles. The van der Waals surface area contributed by atoms with Crippen molar-refractivity contribution in [1.29, 1.82) is 0 Å². The Bertz CT molecular complexity index is 440. The van der Waals surface area contributed by atoms with Gasteiger partial charge in [-0.1, -0.05) is 38.1 Å². The molecule has 0 aliphatic heterocycles. The van der Waals surface area contributed by atoms with Gasteiger partial charge in [0.05, 0.1) is 19.6 Å². The molecule has 0 heterocycles. The average molecular weight is 277 g/mol. The number of nitrogens with one attached hydrogen (secondary N) is 1. The van der Waals surface area contributed by atoms with E-state index in [2.05, 4.69) is 10.1 Å². The van der Waals surface area contributed by atoms with Crippen LogP contribution < -0.4 is 5.32 Å². The predicted octanol–water partition coefficient (Wildman–Crippen LogP) is 2.95. The van der Waals surface area contributed by atoms with E-state index < -0.39 is 6.10 Å². The lowest BCUT2D eigenvalue weighted by Crippen LogP contribution is -2.18. The molecule has 4 heteroatoms. The van der Waals surface area contributed by atoms with Crippen molar-refractivity contribution in [2.45, 2.75) is 32.8 Å². The van der Waals surface area contributed by atoms with E-state index in [0.29, 0.717) is 6.42 Å². The summed E-state index contributed by atoms with van der Waals surface area (Å²) < 4.78 is 4.63. The number of rotatable bonds is 7. The molecule has 20 heavy (non-hydrogen) atoms. The van der Waals surface area contributed by atoms with Crippen molar-refractivity contribution in [2.75, 3.05) is 12.4 Å². The lowest BCUT2D eigenvalue weighted by atomic mass is 10.0. The first-order valence-corrected chi connectivity index (χ1v) is 6.79. The summed E-state index contributed by atoms with van der Waals surface area (Å²) in [5, 5.41) is 13.2. The Balaban J connectivity index is 2.75. The van der Waals surface area contributed by atoms with E-state index in [4.69, 9.17) is 0 Å². The fourth-order valence-corrected chi connectivity index (χ4v) is 1.64. The number of para-hydroxylation sites is 1. The highest BCUT2D eigenvalue weighted by Gasteiger charge is 2.12. The summed E-state index contributed by atoms with van der Waals surface area (Å²) in [4.78, 5) is 11.2. The molecular formula is C16H23NO3. The van der Waals surface area contributed by atoms with Crippen LogP contribution in [0.3, 0.4) is 0 Å². The van der Waals surface area contributed by atoms with Crippen LogP contribution in [0.4, 0.5) is 5.69 Å². The highest BCUT2D eigenvalue weighted by Crippen LogP contribution is 2.17. The quantitative estimate of drug-likeness (QED) is 0.752. The number of hydrogen-bond donors (Lipinski definition) is 2. The Hall–Kier alpha value is -1.81. The van der Waals surface area contributed by atoms with E-state index in [1.165, 1.54) is 7.11 Å². The van der Waals surface area contributed by atoms with Gasteiger partial charge in [0.25, 0.3) is 0 Å². The Morgan fingerprint density at radius 2 is 2.00 bits per heavy atom. The monoisotopic (exact) mass is 277 g/mol. The van der Waals surface area contributed by atoms with E-state index in [-0.39, 0.29) is 18.3 Å². The van der Waals surface area contributed by atoms with Crippen molar-refractivity contribution in [2.24, 2.45) is 5.92 Å². The number of carbonyl (C=O) groups is 1. The van der Waals surface area contributed by atoms with Gasteiger partial charge in [0, 0.05) is 17.8 Å². The number of aliphatic hydroxyl groups excluding tert-OH is 1. The minimum absolute atomic E-state index is 0.161. The van der Waals surface area contributed by atoms with Crippen LogP contribution >= 0.6 is 0 Å². The van der Waals surface area contributed by atoms with Crippen molar-refractivity contribution in [3.63, 3.8) is 0 Å². The Kier molecular flexibility index (Phi) is 6.81. The van der Waals surface area contributed by atoms with Crippen LogP contribution in [0.2, 0.25) is 0 Å². The van der Waals surface area contributed by atoms with Gasteiger partial charge in [0.15, 0.2) is 0 Å². The summed E-state index contributed by atoms with van der Waals surface area (Å²) in [6.07, 6.45) is 1.99. The number of esters is 1. The van der Waals surface area contributed by atoms with Gasteiger partial charge in [-0.15, -0.1) is 0 Å². The molecule has 1 rings (SSSR count). The zero-order valence-electron chi connectivity index (χ0n) is 12.3. The summed E-state index contributed by atoms with van der Waals surface area (Å²) in [7, 11) is 1.36. The summed E-state index contributed by atoms with van der Waals surface area (Å²) in [6, 6.07) is 9.67. The number of ether oxygens (including phenoxy) is 1. The lowest BCUT2D eigenvalue weighted by molar-refractivity contribution is -0.139. The minimum atomic E-state index is -0.449. The molecule has 1 unspecified atom stereocenters. The predicted molar refractivity (Wildman–Crippen MR) is 80.2 cm³/mol. The fraction of sp³-hybridized carbons (Fsp3) is 0.438. The molecule has 0 aromatic heterocycles. The summed E-state index contributed by atoms with van der Waals surface area (Å²) in [5.74, 6) is -0.134. The molecule has 1 aromatic rings. The standard InChI is InChI=1S/C16H23NO3/c1-12(2)15(18)11-14(9-10-16(19)20-3)17-13-7-5-4-6-8-13/h4-9,12,15,17-18H,10-11H2,1-3H3. The van der Waals surface area contributed by atoms with Gasteiger partial charge in [-0.25, -0.2) is 0 Å². The van der Waals surface area contributed by atoms with Gasteiger partial charge < -0.3 is 15.2 Å². The highest BCUT2D eigenvalue weighted by molar-refractivity contribution is 5.71. The number of benzene rings is 1. The summed E-state index contributed by atoms with van der Waals surface area (Å²) in [6.45, 7) is 3.93. The molecule has 1 aromatic carbocycles. The topological polar surface area (TPSA) is 58.6 Å². The molecule has 1 atom stereocenters. The van der Waals surface area contributed by atoms with Crippen LogP contribution in [0.1, 0.15) is 26.7 Å². The number of methoxy groups -OCH3 is 1. The second kappa shape index (κ2) is 8.38. The van der Waals surface area contributed by atoms with Crippen LogP contribution in [0.15, 0.2) is 42.1 Å². The molecule has 0 fully saturated rings. The number of carbonyl (C=O) groups excluding carboxylic acids is 1. The van der Waals surface area contributed by atoms with Crippen molar-refractivity contribution in [3.05, 3.63) is 42.1 Å². The van der Waals surface area contributed by atoms with Crippen LogP contribution in [0.5, 0.6) is 0 Å². The number of hydrogen-bond acceptors (Lipinski definition) is 4. The van der Waals surface area contributed by atoms with Gasteiger partial charge >= 0.3 is 5.97 Å². The molecule has 0 spiro atoms. The first-order valence-electron chi connectivity index (χ1n) is 6.79. The van der Waals surface area contributed by atoms with Gasteiger partial charge in [0.1, 0.15) is 0 Å². The molecule has 0 radical (unpaired) electrons. The van der Waals surface area contributed by atoms with Gasteiger partial charge in [0.2, 0.25) is 0 Å². The molecule has 2 N–H and O–H groups in total. The Morgan fingerprint density at radius 3 is 2.55 bits per heavy atom. The smallest absolute Gasteiger partial charge is 0.309 e. The SMILES string of the molecule is COC(=O)CC=C(CC(O)C(C)C)Nc1ccccc1. The van der Waals surface area contributed by atoms with E-state index >= 15 is 0 Å². The maximum atomic E-state index is 11.2. The molecule has 0 saturated heterocycles. The third-order valence-corrected chi connectivity index (χ3v) is 3.02. The first kappa shape index (κ1) is 16.2. The maximum Gasteiger partial charge on any atom is 0.309 e. The largest absolute Gasteiger partial charge is 0.469 e. The van der Waals surface area contributed by atoms with Crippen molar-refractivity contribution >= 4 is 11.7 Å². The Morgan fingerprint density at radius 1 is 1.35 bits per heavy atom. The zero-order chi connectivity index (χ0) is 15.0. The minimum Gasteiger partial charge on any atom is -0.469 e. The van der Waals surface area contributed by atoms with Gasteiger partial charge in [-0.2, -0.15) is 0 Å². The number of anilines is 1. The fourth-order valence-electron chi connectivity index (χ4n) is 1.64. The van der Waals surface area contributed by atoms with Crippen LogP contribution in [-0.2, 0) is 9.53 Å². The maximum absolute atomic E-state index is 11.2. The molecule has 0 amide bonds. The molecular weight excluding hydrogens is 254 g/mol. The van der Waals surface area contributed by atoms with Crippen LogP contribution in [0.25, 0.3) is 0 Å². The van der Waals surface area contributed by atoms with Gasteiger partial charge in [-0.3, -0.25) is 4.79 Å². The molecule has 0 saturated carbocycles. The molecule has 0 bridgehead atoms. The third-order valence-electron chi connectivity index (χ3n) is 3.02. The van der Waals surface area contributed by atoms with Crippen LogP contribution in [0, 0.1) is 5.92 Å². The lowest BCUT2D eigenvalue weighted by Gasteiger charge is -2.18. The van der Waals surface area contributed by atoms with Crippen molar-refractivity contribution in [3.8, 4) is 0 Å². The van der Waals surface area contributed by atoms with Gasteiger partial charge in [-0.05, 0) is 18.1 Å². The van der Waals surface area contributed by atoms with E-state index in [1.807, 2.05) is 44.2 Å². The first-order chi connectivity index (χ1) is 9.52. The van der Waals surface area contributed by atoms with E-state index in [0.717, 1.165) is 11.4 Å². The normalized spacial score (nSPS) is 13.2. The second-order valence-electron chi connectivity index (χ2n) is 5.02. The zero-order valence-corrected chi connectivity index (χ0v) is 12.3. The summed E-state index contributed by atoms with van der Waals surface area (Å²) >= 11 is 0. The Labute approximate surface area is 120 Å². The number of aliphatic hydroxyl groups is 1. The van der Waals surface area contributed by atoms with Crippen molar-refractivity contribution < 1.29 is 14.6 Å². The average Bonchev–Trinajstić information content (AvgIpc) is 2.45. The molecule has 4 nitrogen and oxygen atoms in total. The molecule has 0 aliphatic rings. The van der Waals surface area contributed by atoms with Crippen LogP contribution in [-0.4, -0.2) is 24.3 Å². The summed E-state index contributed by atoms with van der Waals surface area (Å²) in [5.41, 5.74) is 1.75. The van der Waals surface area contributed by atoms with E-state index in [9.17, 15) is 9.90 Å².